The first-order valence-electron chi connectivity index (χ1n) is 7.25. The van der Waals surface area contributed by atoms with E-state index in [1.54, 1.807) is 18.6 Å². The molecule has 0 aliphatic rings. The largest absolute Gasteiger partial charge is 0.350 e. The van der Waals surface area contributed by atoms with Crippen LogP contribution in [0.25, 0.3) is 10.6 Å². The molecule has 3 aromatic heterocycles. The lowest BCUT2D eigenvalue weighted by Crippen LogP contribution is -2.24. The Balaban J connectivity index is 1.64. The Morgan fingerprint density at radius 2 is 2.13 bits per heavy atom. The van der Waals surface area contributed by atoms with Gasteiger partial charge in [0.1, 0.15) is 5.01 Å². The number of pyridine rings is 2. The number of thiazole rings is 1. The number of nitrogens with zero attached hydrogens (tertiary/aromatic N) is 3. The van der Waals surface area contributed by atoms with Gasteiger partial charge in [-0.2, -0.15) is 0 Å². The lowest BCUT2D eigenvalue weighted by Gasteiger charge is -2.03. The standard InChI is InChI=1S/C17H16N4OS/c1-12-15(23-17(21-12)13-5-4-7-18-10-13)9-16(22)20-11-14-6-2-3-8-19-14/h2-8,10H,9,11H2,1H3,(H,20,22). The summed E-state index contributed by atoms with van der Waals surface area (Å²) in [6, 6.07) is 9.49. The molecule has 116 valence electrons. The van der Waals surface area contributed by atoms with Gasteiger partial charge in [-0.15, -0.1) is 11.3 Å². The fraction of sp³-hybridized carbons (Fsp3) is 0.176. The SMILES string of the molecule is Cc1nc(-c2cccnc2)sc1CC(=O)NCc1ccccn1. The number of aryl methyl sites for hydroxylation is 1. The van der Waals surface area contributed by atoms with Crippen molar-refractivity contribution in [2.45, 2.75) is 19.9 Å². The Hall–Kier alpha value is -2.60. The van der Waals surface area contributed by atoms with Crippen LogP contribution in [0.1, 0.15) is 16.3 Å². The van der Waals surface area contributed by atoms with Gasteiger partial charge in [-0.3, -0.25) is 14.8 Å². The number of rotatable bonds is 5. The van der Waals surface area contributed by atoms with Gasteiger partial charge in [0, 0.05) is 29.0 Å². The van der Waals surface area contributed by atoms with Crippen LogP contribution in [0.3, 0.4) is 0 Å². The third kappa shape index (κ3) is 3.98. The number of amides is 1. The Labute approximate surface area is 138 Å². The zero-order valence-corrected chi connectivity index (χ0v) is 13.5. The number of carbonyl (C=O) groups is 1. The van der Waals surface area contributed by atoms with Gasteiger partial charge in [0.05, 0.1) is 24.4 Å². The van der Waals surface area contributed by atoms with E-state index in [0.717, 1.165) is 26.8 Å². The van der Waals surface area contributed by atoms with E-state index < -0.39 is 0 Å². The zero-order valence-electron chi connectivity index (χ0n) is 12.7. The molecule has 1 N–H and O–H groups in total. The van der Waals surface area contributed by atoms with Crippen LogP contribution in [0.4, 0.5) is 0 Å². The summed E-state index contributed by atoms with van der Waals surface area (Å²) in [5.74, 6) is -0.0276. The molecule has 3 heterocycles. The van der Waals surface area contributed by atoms with E-state index in [9.17, 15) is 4.79 Å². The van der Waals surface area contributed by atoms with Gasteiger partial charge in [-0.25, -0.2) is 4.98 Å². The van der Waals surface area contributed by atoms with E-state index in [2.05, 4.69) is 20.3 Å². The van der Waals surface area contributed by atoms with E-state index in [0.29, 0.717) is 13.0 Å². The van der Waals surface area contributed by atoms with Gasteiger partial charge in [-0.05, 0) is 31.2 Å². The molecule has 0 radical (unpaired) electrons. The molecule has 0 saturated carbocycles. The highest BCUT2D eigenvalue weighted by Gasteiger charge is 2.13. The van der Waals surface area contributed by atoms with E-state index in [-0.39, 0.29) is 5.91 Å². The molecule has 0 aromatic carbocycles. The maximum atomic E-state index is 12.1. The molecule has 0 atom stereocenters. The van der Waals surface area contributed by atoms with E-state index >= 15 is 0 Å². The molecule has 0 bridgehead atoms. The highest BCUT2D eigenvalue weighted by atomic mass is 32.1. The van der Waals surface area contributed by atoms with Crippen molar-refractivity contribution in [2.75, 3.05) is 0 Å². The fourth-order valence-electron chi connectivity index (χ4n) is 2.10. The van der Waals surface area contributed by atoms with Crippen molar-refractivity contribution >= 4 is 17.2 Å². The van der Waals surface area contributed by atoms with Crippen LogP contribution in [0.5, 0.6) is 0 Å². The van der Waals surface area contributed by atoms with Crippen molar-refractivity contribution in [3.05, 3.63) is 65.2 Å². The van der Waals surface area contributed by atoms with Crippen molar-refractivity contribution < 1.29 is 4.79 Å². The summed E-state index contributed by atoms with van der Waals surface area (Å²) in [6.07, 6.45) is 5.56. The summed E-state index contributed by atoms with van der Waals surface area (Å²) in [7, 11) is 0. The minimum atomic E-state index is -0.0276. The van der Waals surface area contributed by atoms with Gasteiger partial charge < -0.3 is 5.32 Å². The average Bonchev–Trinajstić information content (AvgIpc) is 2.95. The van der Waals surface area contributed by atoms with Crippen LogP contribution >= 0.6 is 11.3 Å². The molecule has 0 unspecified atom stereocenters. The van der Waals surface area contributed by atoms with Crippen molar-refractivity contribution in [3.8, 4) is 10.6 Å². The minimum Gasteiger partial charge on any atom is -0.350 e. The number of hydrogen-bond donors (Lipinski definition) is 1. The molecule has 6 heteroatoms. The van der Waals surface area contributed by atoms with E-state index in [1.165, 1.54) is 11.3 Å². The maximum absolute atomic E-state index is 12.1. The Kier molecular flexibility index (Phi) is 4.73. The van der Waals surface area contributed by atoms with Crippen molar-refractivity contribution in [1.29, 1.82) is 0 Å². The summed E-state index contributed by atoms with van der Waals surface area (Å²) >= 11 is 1.54. The van der Waals surface area contributed by atoms with Crippen LogP contribution < -0.4 is 5.32 Å². The van der Waals surface area contributed by atoms with Crippen molar-refractivity contribution in [2.24, 2.45) is 0 Å². The second kappa shape index (κ2) is 7.11. The molecule has 0 aliphatic carbocycles. The first kappa shape index (κ1) is 15.3. The monoisotopic (exact) mass is 324 g/mol. The molecule has 3 rings (SSSR count). The fourth-order valence-corrected chi connectivity index (χ4v) is 3.16. The summed E-state index contributed by atoms with van der Waals surface area (Å²) in [4.78, 5) is 25.9. The maximum Gasteiger partial charge on any atom is 0.225 e. The highest BCUT2D eigenvalue weighted by Crippen LogP contribution is 2.27. The summed E-state index contributed by atoms with van der Waals surface area (Å²) < 4.78 is 0. The molecule has 1 amide bonds. The molecule has 0 fully saturated rings. The van der Waals surface area contributed by atoms with Gasteiger partial charge in [-0.1, -0.05) is 6.07 Å². The summed E-state index contributed by atoms with van der Waals surface area (Å²) in [5, 5.41) is 3.78. The molecular formula is C17H16N4OS. The zero-order chi connectivity index (χ0) is 16.1. The Bertz CT molecular complexity index is 787. The lowest BCUT2D eigenvalue weighted by atomic mass is 10.2. The van der Waals surface area contributed by atoms with Gasteiger partial charge >= 0.3 is 0 Å². The van der Waals surface area contributed by atoms with E-state index in [1.807, 2.05) is 37.3 Å². The third-order valence-electron chi connectivity index (χ3n) is 3.32. The first-order chi connectivity index (χ1) is 11.2. The Morgan fingerprint density at radius 1 is 1.22 bits per heavy atom. The molecule has 0 aliphatic heterocycles. The normalized spacial score (nSPS) is 10.5. The molecule has 0 saturated heterocycles. The van der Waals surface area contributed by atoms with Crippen LogP contribution in [-0.4, -0.2) is 20.9 Å². The van der Waals surface area contributed by atoms with Crippen LogP contribution in [-0.2, 0) is 17.8 Å². The molecule has 3 aromatic rings. The third-order valence-corrected chi connectivity index (χ3v) is 4.52. The number of aromatic nitrogens is 3. The quantitative estimate of drug-likeness (QED) is 0.783. The minimum absolute atomic E-state index is 0.0276. The van der Waals surface area contributed by atoms with Crippen LogP contribution in [0.2, 0.25) is 0 Å². The Morgan fingerprint density at radius 3 is 2.87 bits per heavy atom. The van der Waals surface area contributed by atoms with Crippen LogP contribution in [0, 0.1) is 6.92 Å². The molecular weight excluding hydrogens is 308 g/mol. The van der Waals surface area contributed by atoms with Gasteiger partial charge in [0.2, 0.25) is 5.91 Å². The van der Waals surface area contributed by atoms with Crippen molar-refractivity contribution in [1.82, 2.24) is 20.3 Å². The van der Waals surface area contributed by atoms with Crippen molar-refractivity contribution in [3.63, 3.8) is 0 Å². The average molecular weight is 324 g/mol. The number of carbonyl (C=O) groups excluding carboxylic acids is 1. The predicted octanol–water partition coefficient (Wildman–Crippen LogP) is 2.77. The molecule has 0 spiro atoms. The second-order valence-electron chi connectivity index (χ2n) is 5.04. The van der Waals surface area contributed by atoms with Gasteiger partial charge in [0.15, 0.2) is 0 Å². The number of nitrogens with one attached hydrogen (secondary N) is 1. The second-order valence-corrected chi connectivity index (χ2v) is 6.13. The molecule has 5 nitrogen and oxygen atoms in total. The first-order valence-corrected chi connectivity index (χ1v) is 8.07. The summed E-state index contributed by atoms with van der Waals surface area (Å²) in [5.41, 5.74) is 2.71. The predicted molar refractivity (Wildman–Crippen MR) is 89.9 cm³/mol. The van der Waals surface area contributed by atoms with Gasteiger partial charge in [0.25, 0.3) is 0 Å². The topological polar surface area (TPSA) is 67.8 Å². The van der Waals surface area contributed by atoms with E-state index in [4.69, 9.17) is 0 Å². The summed E-state index contributed by atoms with van der Waals surface area (Å²) in [6.45, 7) is 2.37. The molecule has 23 heavy (non-hydrogen) atoms. The number of hydrogen-bond acceptors (Lipinski definition) is 5. The van der Waals surface area contributed by atoms with Crippen LogP contribution in [0.15, 0.2) is 48.9 Å². The highest BCUT2D eigenvalue weighted by molar-refractivity contribution is 7.15. The smallest absolute Gasteiger partial charge is 0.225 e. The lowest BCUT2D eigenvalue weighted by molar-refractivity contribution is -0.120.